The van der Waals surface area contributed by atoms with Gasteiger partial charge < -0.3 is 39.1 Å². The Bertz CT molecular complexity index is 2260. The van der Waals surface area contributed by atoms with Crippen molar-refractivity contribution in [2.75, 3.05) is 52.7 Å². The molecular weight excluding hydrogens is 1200 g/mol. The van der Waals surface area contributed by atoms with Gasteiger partial charge in [0.2, 0.25) is 0 Å². The highest BCUT2D eigenvalue weighted by Crippen LogP contribution is 2.61. The van der Waals surface area contributed by atoms with Crippen LogP contribution in [0.2, 0.25) is 0 Å². The standard InChI is InChI=1S/C80H142N10O6/c1-9-15-35-91-67-52-32-26-33-81-65(52)46(8)58-59(67)75-85-74(58)86-78-62-61(68(92-36-16-10-2)53-41-47-27-21-22-28-48(47)42-54(53)69(62)93-37-17-11-3)77(89-78)84-73-57-45(7)51-31-25-34-82-66(51)72(96-40-20-14-6)60(57)76(83-73)88-80-64-63(79(87-75)90-80)70(94-38-18-12-4)55-43-49-29-23-24-30-50(49)44-56(55)71(64)95-39-19-13-5/h45-90H,9-44H2,1-8H3. The summed E-state index contributed by atoms with van der Waals surface area (Å²) in [6, 6.07) is 0.717. The zero-order chi connectivity index (χ0) is 65.6. The van der Waals surface area contributed by atoms with Crippen molar-refractivity contribution in [2.45, 2.75) is 333 Å². The molecule has 8 saturated carbocycles. The van der Waals surface area contributed by atoms with Crippen LogP contribution in [0.1, 0.15) is 235 Å². The average molecular weight is 1340 g/mol. The molecule has 548 valence electrons. The molecule has 15 aliphatic rings. The largest absolute Gasteiger partial charge is 0.378 e. The topological polar surface area (TPSA) is 176 Å². The van der Waals surface area contributed by atoms with Gasteiger partial charge in [-0.2, -0.15) is 0 Å². The van der Waals surface area contributed by atoms with Crippen LogP contribution in [0.5, 0.6) is 0 Å². The summed E-state index contributed by atoms with van der Waals surface area (Å²) in [4.78, 5) is 0. The normalized spacial score (nSPS) is 50.8. The highest BCUT2D eigenvalue weighted by molar-refractivity contribution is 5.20. The highest BCUT2D eigenvalue weighted by atomic mass is 16.5. The van der Waals surface area contributed by atoms with Crippen molar-refractivity contribution in [3.05, 3.63) is 0 Å². The maximum Gasteiger partial charge on any atom is 0.0790 e. The second-order valence-corrected chi connectivity index (χ2v) is 35.4. The fraction of sp³-hybridized carbons (Fsp3) is 1.00. The Labute approximate surface area is 583 Å². The Hall–Kier alpha value is -0.640. The third-order valence-electron chi connectivity index (χ3n) is 30.4. The molecule has 36 atom stereocenters. The maximum absolute atomic E-state index is 7.81. The van der Waals surface area contributed by atoms with Crippen LogP contribution in [0.15, 0.2) is 0 Å². The van der Waals surface area contributed by atoms with E-state index < -0.39 is 0 Å². The summed E-state index contributed by atoms with van der Waals surface area (Å²) in [5, 5.41) is 46.2. The maximum atomic E-state index is 7.81. The Kier molecular flexibility index (Phi) is 23.9. The van der Waals surface area contributed by atoms with E-state index in [1.807, 2.05) is 0 Å². The first-order valence-electron chi connectivity index (χ1n) is 42.5. The zero-order valence-electron chi connectivity index (χ0n) is 61.7. The van der Waals surface area contributed by atoms with E-state index in [-0.39, 0.29) is 121 Å². The number of unbranched alkanes of at least 4 members (excludes halogenated alkanes) is 6. The van der Waals surface area contributed by atoms with Gasteiger partial charge in [0.25, 0.3) is 0 Å². The summed E-state index contributed by atoms with van der Waals surface area (Å²) in [5.74, 6) is 8.82. The Morgan fingerprint density at radius 1 is 0.260 bits per heavy atom. The summed E-state index contributed by atoms with van der Waals surface area (Å²) in [6.45, 7) is 26.5. The average Bonchev–Trinajstić information content (AvgIpc) is 1.52. The third kappa shape index (κ3) is 13.7. The first-order valence-corrected chi connectivity index (χ1v) is 42.5. The molecule has 7 heterocycles. The minimum absolute atomic E-state index is 0.00884. The van der Waals surface area contributed by atoms with Crippen LogP contribution in [0.3, 0.4) is 0 Å². The van der Waals surface area contributed by atoms with Gasteiger partial charge in [0, 0.05) is 93.2 Å². The van der Waals surface area contributed by atoms with Crippen molar-refractivity contribution in [2.24, 2.45) is 118 Å². The fourth-order valence-corrected chi connectivity index (χ4v) is 26.2. The fourth-order valence-electron chi connectivity index (χ4n) is 26.2. The predicted octanol–water partition coefficient (Wildman–Crippen LogP) is 11.1. The molecule has 96 heavy (non-hydrogen) atoms. The van der Waals surface area contributed by atoms with Gasteiger partial charge in [-0.05, 0) is 180 Å². The van der Waals surface area contributed by atoms with Crippen molar-refractivity contribution in [3.63, 3.8) is 0 Å². The molecule has 0 aromatic rings. The molecule has 0 aromatic heterocycles. The molecule has 16 nitrogen and oxygen atoms in total. The van der Waals surface area contributed by atoms with Gasteiger partial charge in [-0.1, -0.05) is 145 Å². The lowest BCUT2D eigenvalue weighted by Gasteiger charge is -2.57. The molecule has 15 rings (SSSR count). The van der Waals surface area contributed by atoms with Gasteiger partial charge in [0.1, 0.15) is 0 Å². The van der Waals surface area contributed by atoms with E-state index in [1.165, 1.54) is 103 Å². The molecule has 36 unspecified atom stereocenters. The van der Waals surface area contributed by atoms with Gasteiger partial charge in [-0.25, -0.2) is 0 Å². The van der Waals surface area contributed by atoms with Crippen LogP contribution < -0.4 is 53.2 Å². The van der Waals surface area contributed by atoms with E-state index in [2.05, 4.69) is 87.3 Å². The van der Waals surface area contributed by atoms with E-state index in [4.69, 9.17) is 49.7 Å². The van der Waals surface area contributed by atoms with Crippen molar-refractivity contribution in [1.29, 1.82) is 0 Å². The van der Waals surface area contributed by atoms with Crippen molar-refractivity contribution < 1.29 is 28.4 Å². The molecular formula is C80H142N10O6. The summed E-state index contributed by atoms with van der Waals surface area (Å²) in [7, 11) is 0. The predicted molar refractivity (Wildman–Crippen MR) is 382 cm³/mol. The monoisotopic (exact) mass is 1340 g/mol. The number of piperidine rings is 2. The quantitative estimate of drug-likeness (QED) is 0.0413. The smallest absolute Gasteiger partial charge is 0.0790 e. The molecule has 10 N–H and O–H groups in total. The molecule has 8 aliphatic carbocycles. The molecule has 7 aliphatic heterocycles. The zero-order valence-corrected chi connectivity index (χ0v) is 61.7. The number of fused-ring (bicyclic) bond motifs is 26. The molecule has 15 fully saturated rings. The van der Waals surface area contributed by atoms with Gasteiger partial charge in [0.05, 0.1) is 86.0 Å². The van der Waals surface area contributed by atoms with Crippen molar-refractivity contribution in [1.82, 2.24) is 53.2 Å². The first-order chi connectivity index (χ1) is 47.2. The van der Waals surface area contributed by atoms with Gasteiger partial charge >= 0.3 is 0 Å². The minimum Gasteiger partial charge on any atom is -0.378 e. The molecule has 0 aromatic carbocycles. The highest BCUT2D eigenvalue weighted by Gasteiger charge is 2.69. The minimum atomic E-state index is -0.0317. The van der Waals surface area contributed by atoms with Crippen LogP contribution in [0.25, 0.3) is 0 Å². The van der Waals surface area contributed by atoms with E-state index in [0.717, 1.165) is 153 Å². The van der Waals surface area contributed by atoms with Crippen LogP contribution >= 0.6 is 0 Å². The number of nitrogens with one attached hydrogen (secondary N) is 10. The SMILES string of the molecule is CCCCOC1C2CCCNC2C(C)C2C3NC(NC4NC(NC5NC(NC6NC(N3)C3C(OCCCC)C7CC8CCCCC8CC7C(OCCCC)C63)C3C(C)C6CCCNC6C(OCCCC)C53)C3C(OCCCC)C5CC6CCCCC6CC5C(OCCCC)C43)C12. The van der Waals surface area contributed by atoms with Crippen LogP contribution in [0.4, 0.5) is 0 Å². The Morgan fingerprint density at radius 3 is 0.854 bits per heavy atom. The third-order valence-corrected chi connectivity index (χ3v) is 30.4. The van der Waals surface area contributed by atoms with Crippen molar-refractivity contribution in [3.8, 4) is 0 Å². The van der Waals surface area contributed by atoms with E-state index in [0.29, 0.717) is 71.3 Å². The lowest BCUT2D eigenvalue weighted by molar-refractivity contribution is -0.186. The number of hydrogen-bond acceptors (Lipinski definition) is 16. The molecule has 0 amide bonds. The number of ether oxygens (including phenoxy) is 6. The number of hydrogen-bond donors (Lipinski definition) is 10. The van der Waals surface area contributed by atoms with E-state index in [9.17, 15) is 0 Å². The van der Waals surface area contributed by atoms with Crippen molar-refractivity contribution >= 4 is 0 Å². The molecule has 7 saturated heterocycles. The summed E-state index contributed by atoms with van der Waals surface area (Å²) in [5.41, 5.74) is 0. The van der Waals surface area contributed by atoms with Crippen LogP contribution in [-0.2, 0) is 28.4 Å². The summed E-state index contributed by atoms with van der Waals surface area (Å²) >= 11 is 0. The van der Waals surface area contributed by atoms with Crippen LogP contribution in [-0.4, -0.2) is 151 Å². The number of rotatable bonds is 24. The first kappa shape index (κ1) is 71.0. The lowest BCUT2D eigenvalue weighted by atomic mass is 9.54. The van der Waals surface area contributed by atoms with E-state index in [1.54, 1.807) is 0 Å². The van der Waals surface area contributed by atoms with Gasteiger partial charge in [-0.15, -0.1) is 0 Å². The second-order valence-electron chi connectivity index (χ2n) is 35.4. The summed E-state index contributed by atoms with van der Waals surface area (Å²) < 4.78 is 46.5. The molecule has 0 spiro atoms. The molecule has 8 bridgehead atoms. The molecule has 0 radical (unpaired) electrons. The second kappa shape index (κ2) is 32.4. The lowest BCUT2D eigenvalue weighted by Crippen LogP contribution is -2.66. The van der Waals surface area contributed by atoms with Gasteiger partial charge in [0.15, 0.2) is 0 Å². The molecule has 16 heteroatoms. The van der Waals surface area contributed by atoms with Gasteiger partial charge in [-0.3, -0.25) is 42.5 Å². The Balaban J connectivity index is 0.896. The van der Waals surface area contributed by atoms with Crippen LogP contribution in [0, 0.1) is 118 Å². The summed E-state index contributed by atoms with van der Waals surface area (Å²) in [6.07, 6.45) is 35.2. The van der Waals surface area contributed by atoms with E-state index >= 15 is 0 Å². The Morgan fingerprint density at radius 2 is 0.521 bits per heavy atom.